The molecule has 2 aromatic rings. The summed E-state index contributed by atoms with van der Waals surface area (Å²) in [7, 11) is 0. The van der Waals surface area contributed by atoms with Crippen molar-refractivity contribution in [2.75, 3.05) is 5.32 Å². The van der Waals surface area contributed by atoms with Crippen LogP contribution in [0.4, 0.5) is 15.8 Å². The fourth-order valence-electron chi connectivity index (χ4n) is 3.08. The van der Waals surface area contributed by atoms with Gasteiger partial charge in [0.25, 0.3) is 0 Å². The first-order valence-electron chi connectivity index (χ1n) is 9.10. The number of carbonyl (C=O) groups is 1. The van der Waals surface area contributed by atoms with Crippen LogP contribution in [0.25, 0.3) is 5.76 Å². The molecular weight excluding hydrogens is 373 g/mol. The summed E-state index contributed by atoms with van der Waals surface area (Å²) < 4.78 is 24.6. The quantitative estimate of drug-likeness (QED) is 0.681. The van der Waals surface area contributed by atoms with Crippen molar-refractivity contribution in [1.82, 2.24) is 0 Å². The number of benzene rings is 2. The first kappa shape index (κ1) is 18.6. The average molecular weight is 391 g/mol. The topological polar surface area (TPSA) is 67.8 Å². The van der Waals surface area contributed by atoms with Crippen LogP contribution in [0.1, 0.15) is 28.8 Å². The Morgan fingerprint density at radius 3 is 2.59 bits per heavy atom. The number of rotatable bonds is 5. The van der Waals surface area contributed by atoms with Gasteiger partial charge in [-0.05, 0) is 54.8 Å². The fourth-order valence-corrected chi connectivity index (χ4v) is 3.08. The van der Waals surface area contributed by atoms with Crippen LogP contribution in [0, 0.1) is 5.82 Å². The van der Waals surface area contributed by atoms with Gasteiger partial charge in [0.1, 0.15) is 18.3 Å². The number of nitrogens with one attached hydrogen (secondary N) is 1. The molecule has 1 aliphatic heterocycles. The molecule has 0 unspecified atom stereocenters. The monoisotopic (exact) mass is 391 g/mol. The molecule has 0 spiro atoms. The van der Waals surface area contributed by atoms with E-state index in [0.29, 0.717) is 28.5 Å². The zero-order valence-corrected chi connectivity index (χ0v) is 15.4. The first-order chi connectivity index (χ1) is 14.1. The molecule has 29 heavy (non-hydrogen) atoms. The maximum absolute atomic E-state index is 13.2. The number of halogens is 1. The van der Waals surface area contributed by atoms with Crippen LogP contribution in [0.15, 0.2) is 84.5 Å². The highest BCUT2D eigenvalue weighted by Gasteiger charge is 2.19. The normalized spacial score (nSPS) is 15.4. The second-order valence-electron chi connectivity index (χ2n) is 6.56. The van der Waals surface area contributed by atoms with Crippen LogP contribution < -0.4 is 5.32 Å². The van der Waals surface area contributed by atoms with Gasteiger partial charge >= 0.3 is 5.97 Å². The van der Waals surface area contributed by atoms with Gasteiger partial charge in [0.05, 0.1) is 11.3 Å². The van der Waals surface area contributed by atoms with E-state index in [1.165, 1.54) is 36.6 Å². The predicted octanol–water partition coefficient (Wildman–Crippen LogP) is 5.73. The Morgan fingerprint density at radius 1 is 1.07 bits per heavy atom. The molecule has 6 heteroatoms. The summed E-state index contributed by atoms with van der Waals surface area (Å²) >= 11 is 0. The zero-order valence-electron chi connectivity index (χ0n) is 15.4. The molecule has 2 N–H and O–H groups in total. The predicted molar refractivity (Wildman–Crippen MR) is 108 cm³/mol. The highest BCUT2D eigenvalue weighted by molar-refractivity contribution is 5.96. The van der Waals surface area contributed by atoms with Crippen molar-refractivity contribution < 1.29 is 23.8 Å². The third kappa shape index (κ3) is 4.21. The number of carboxylic acid groups (broad SMARTS) is 1. The standard InChI is InChI=1S/C23H18FNO4/c24-17-7-9-18(10-8-17)25-20-12-16(6-11-19(20)23(26)27)22-14-28-13-21(29-22)15-4-2-1-3-5-15/h1-2,4,6-14,25H,3,5H2,(H,26,27). The van der Waals surface area contributed by atoms with E-state index in [4.69, 9.17) is 9.47 Å². The lowest BCUT2D eigenvalue weighted by Crippen LogP contribution is -2.06. The minimum Gasteiger partial charge on any atom is -0.478 e. The summed E-state index contributed by atoms with van der Waals surface area (Å²) in [6, 6.07) is 10.5. The Hall–Kier alpha value is -3.80. The highest BCUT2D eigenvalue weighted by atomic mass is 19.1. The fraction of sp³-hybridized carbons (Fsp3) is 0.0870. The van der Waals surface area contributed by atoms with Gasteiger partial charge in [0, 0.05) is 11.3 Å². The van der Waals surface area contributed by atoms with E-state index in [9.17, 15) is 14.3 Å². The second-order valence-corrected chi connectivity index (χ2v) is 6.56. The smallest absolute Gasteiger partial charge is 0.337 e. The number of hydrogen-bond acceptors (Lipinski definition) is 4. The number of allylic oxidation sites excluding steroid dienone is 4. The van der Waals surface area contributed by atoms with E-state index in [1.54, 1.807) is 18.4 Å². The minimum atomic E-state index is -1.07. The van der Waals surface area contributed by atoms with Crippen LogP contribution in [0.3, 0.4) is 0 Å². The minimum absolute atomic E-state index is 0.0892. The molecule has 5 nitrogen and oxygen atoms in total. The molecule has 4 rings (SSSR count). The van der Waals surface area contributed by atoms with Crippen LogP contribution in [-0.4, -0.2) is 11.1 Å². The van der Waals surface area contributed by atoms with Crippen molar-refractivity contribution in [3.63, 3.8) is 0 Å². The Kier molecular flexibility index (Phi) is 5.16. The molecule has 0 amide bonds. The summed E-state index contributed by atoms with van der Waals surface area (Å²) in [6.07, 6.45) is 10.9. The number of hydrogen-bond donors (Lipinski definition) is 2. The Balaban J connectivity index is 1.61. The highest BCUT2D eigenvalue weighted by Crippen LogP contribution is 2.32. The Bertz CT molecular complexity index is 1060. The van der Waals surface area contributed by atoms with Gasteiger partial charge in [-0.2, -0.15) is 0 Å². The summed E-state index contributed by atoms with van der Waals surface area (Å²) in [4.78, 5) is 11.6. The summed E-state index contributed by atoms with van der Waals surface area (Å²) in [5.74, 6) is -0.346. The van der Waals surface area contributed by atoms with Crippen molar-refractivity contribution in [2.45, 2.75) is 12.8 Å². The van der Waals surface area contributed by atoms with Crippen LogP contribution in [-0.2, 0) is 9.47 Å². The van der Waals surface area contributed by atoms with Gasteiger partial charge in [0.15, 0.2) is 11.5 Å². The molecular formula is C23H18FNO4. The number of aromatic carboxylic acids is 1. The van der Waals surface area contributed by atoms with Crippen molar-refractivity contribution in [2.24, 2.45) is 0 Å². The molecule has 0 atom stereocenters. The number of carboxylic acids is 1. The molecule has 2 aliphatic rings. The Labute approximate surface area is 167 Å². The van der Waals surface area contributed by atoms with E-state index >= 15 is 0 Å². The van der Waals surface area contributed by atoms with Crippen molar-refractivity contribution in [3.05, 3.63) is 101 Å². The molecule has 0 bridgehead atoms. The molecule has 0 fully saturated rings. The van der Waals surface area contributed by atoms with Gasteiger partial charge < -0.3 is 19.9 Å². The number of ether oxygens (including phenoxy) is 2. The second kappa shape index (κ2) is 8.06. The summed E-state index contributed by atoms with van der Waals surface area (Å²) in [5.41, 5.74) is 2.70. The molecule has 0 saturated heterocycles. The molecule has 0 radical (unpaired) electrons. The van der Waals surface area contributed by atoms with E-state index in [1.807, 2.05) is 12.2 Å². The van der Waals surface area contributed by atoms with Gasteiger partial charge in [-0.3, -0.25) is 0 Å². The lowest BCUT2D eigenvalue weighted by Gasteiger charge is -2.20. The van der Waals surface area contributed by atoms with Gasteiger partial charge in [-0.25, -0.2) is 9.18 Å². The first-order valence-corrected chi connectivity index (χ1v) is 9.10. The third-order valence-electron chi connectivity index (χ3n) is 4.56. The summed E-state index contributed by atoms with van der Waals surface area (Å²) in [5, 5.41) is 12.5. The van der Waals surface area contributed by atoms with Gasteiger partial charge in [0.2, 0.25) is 0 Å². The van der Waals surface area contributed by atoms with E-state index in [2.05, 4.69) is 11.4 Å². The summed E-state index contributed by atoms with van der Waals surface area (Å²) in [6.45, 7) is 0. The molecule has 0 aromatic heterocycles. The molecule has 2 aromatic carbocycles. The van der Waals surface area contributed by atoms with E-state index < -0.39 is 5.97 Å². The lowest BCUT2D eigenvalue weighted by atomic mass is 10.0. The molecule has 146 valence electrons. The molecule has 0 saturated carbocycles. The van der Waals surface area contributed by atoms with Crippen LogP contribution in [0.5, 0.6) is 0 Å². The SMILES string of the molecule is O=C(O)c1ccc(C2=COC=C(C3=CC=CCC3)O2)cc1Nc1ccc(F)cc1. The van der Waals surface area contributed by atoms with E-state index in [-0.39, 0.29) is 11.4 Å². The number of anilines is 2. The van der Waals surface area contributed by atoms with Crippen LogP contribution in [0.2, 0.25) is 0 Å². The van der Waals surface area contributed by atoms with Gasteiger partial charge in [-0.15, -0.1) is 0 Å². The maximum Gasteiger partial charge on any atom is 0.337 e. The van der Waals surface area contributed by atoms with Crippen molar-refractivity contribution >= 4 is 23.1 Å². The maximum atomic E-state index is 13.2. The lowest BCUT2D eigenvalue weighted by molar-refractivity contribution is 0.0698. The Morgan fingerprint density at radius 2 is 1.86 bits per heavy atom. The molecule has 1 aliphatic carbocycles. The van der Waals surface area contributed by atoms with Crippen molar-refractivity contribution in [1.29, 1.82) is 0 Å². The van der Waals surface area contributed by atoms with Crippen LogP contribution >= 0.6 is 0 Å². The van der Waals surface area contributed by atoms with E-state index in [0.717, 1.165) is 18.4 Å². The molecule has 1 heterocycles. The third-order valence-corrected chi connectivity index (χ3v) is 4.56. The van der Waals surface area contributed by atoms with Crippen molar-refractivity contribution in [3.8, 4) is 0 Å². The largest absolute Gasteiger partial charge is 0.478 e. The van der Waals surface area contributed by atoms with Gasteiger partial charge in [-0.1, -0.05) is 24.3 Å². The zero-order chi connectivity index (χ0) is 20.2. The average Bonchev–Trinajstić information content (AvgIpc) is 2.76.